The molecule has 0 fully saturated rings. The Morgan fingerprint density at radius 2 is 1.94 bits per heavy atom. The van der Waals surface area contributed by atoms with Gasteiger partial charge in [0.05, 0.1) is 14.2 Å². The molecule has 1 rings (SSSR count). The van der Waals surface area contributed by atoms with Crippen molar-refractivity contribution in [2.45, 2.75) is 19.8 Å². The van der Waals surface area contributed by atoms with Gasteiger partial charge < -0.3 is 24.4 Å². The van der Waals surface area contributed by atoms with Crippen molar-refractivity contribution in [2.24, 2.45) is 0 Å². The zero-order valence-electron chi connectivity index (χ0n) is 10.5. The van der Waals surface area contributed by atoms with Crippen LogP contribution in [-0.4, -0.2) is 30.6 Å². The number of phenolic OH excluding ortho intramolecular Hbond substituents is 1. The van der Waals surface area contributed by atoms with E-state index in [0.717, 1.165) is 6.42 Å². The number of methoxy groups -OCH3 is 2. The molecule has 0 aliphatic carbocycles. The zero-order valence-corrected chi connectivity index (χ0v) is 10.5. The highest BCUT2D eigenvalue weighted by Gasteiger charge is 2.21. The third kappa shape index (κ3) is 2.77. The average molecular weight is 256 g/mol. The van der Waals surface area contributed by atoms with E-state index in [1.54, 1.807) is 0 Å². The Hall–Kier alpha value is -2.11. The van der Waals surface area contributed by atoms with Crippen LogP contribution in [0.4, 0.5) is 4.79 Å². The minimum atomic E-state index is -1.50. The molecule has 0 aliphatic heterocycles. The summed E-state index contributed by atoms with van der Waals surface area (Å²) in [5.41, 5.74) is 0.468. The third-order valence-electron chi connectivity index (χ3n) is 2.40. The van der Waals surface area contributed by atoms with Gasteiger partial charge in [0.25, 0.3) is 0 Å². The molecule has 0 amide bonds. The van der Waals surface area contributed by atoms with Crippen LogP contribution >= 0.6 is 0 Å². The van der Waals surface area contributed by atoms with Gasteiger partial charge in [0.1, 0.15) is 0 Å². The summed E-state index contributed by atoms with van der Waals surface area (Å²) in [7, 11) is 2.88. The SMILES string of the molecule is CCCc1c(O)c(OC(=O)O)cc(OC)c1OC. The Morgan fingerprint density at radius 1 is 1.28 bits per heavy atom. The van der Waals surface area contributed by atoms with Crippen molar-refractivity contribution in [3.8, 4) is 23.0 Å². The van der Waals surface area contributed by atoms with Crippen molar-refractivity contribution >= 4 is 6.16 Å². The van der Waals surface area contributed by atoms with Crippen molar-refractivity contribution in [1.82, 2.24) is 0 Å². The molecule has 18 heavy (non-hydrogen) atoms. The largest absolute Gasteiger partial charge is 0.511 e. The van der Waals surface area contributed by atoms with Gasteiger partial charge in [-0.15, -0.1) is 0 Å². The second-order valence-corrected chi connectivity index (χ2v) is 3.56. The lowest BCUT2D eigenvalue weighted by Gasteiger charge is -2.16. The Balaban J connectivity index is 3.38. The van der Waals surface area contributed by atoms with Gasteiger partial charge in [0.2, 0.25) is 0 Å². The fourth-order valence-corrected chi connectivity index (χ4v) is 1.69. The van der Waals surface area contributed by atoms with E-state index in [0.29, 0.717) is 23.5 Å². The van der Waals surface area contributed by atoms with Gasteiger partial charge in [-0.05, 0) is 6.42 Å². The lowest BCUT2D eigenvalue weighted by molar-refractivity contribution is 0.142. The molecule has 0 aromatic heterocycles. The Kier molecular flexibility index (Phi) is 4.65. The van der Waals surface area contributed by atoms with E-state index in [1.165, 1.54) is 20.3 Å². The summed E-state index contributed by atoms with van der Waals surface area (Å²) in [5, 5.41) is 18.6. The highest BCUT2D eigenvalue weighted by atomic mass is 16.7. The van der Waals surface area contributed by atoms with Crippen LogP contribution in [0.5, 0.6) is 23.0 Å². The maximum absolute atomic E-state index is 10.5. The molecule has 6 heteroatoms. The second-order valence-electron chi connectivity index (χ2n) is 3.56. The fraction of sp³-hybridized carbons (Fsp3) is 0.417. The molecular formula is C12H16O6. The number of carboxylic acid groups (broad SMARTS) is 1. The lowest BCUT2D eigenvalue weighted by Crippen LogP contribution is -2.05. The summed E-state index contributed by atoms with van der Waals surface area (Å²) in [6.45, 7) is 1.93. The van der Waals surface area contributed by atoms with Crippen LogP contribution in [0.1, 0.15) is 18.9 Å². The van der Waals surface area contributed by atoms with Gasteiger partial charge in [0, 0.05) is 11.6 Å². The quantitative estimate of drug-likeness (QED) is 0.621. The topological polar surface area (TPSA) is 85.2 Å². The molecule has 0 radical (unpaired) electrons. The van der Waals surface area contributed by atoms with E-state index in [-0.39, 0.29) is 11.5 Å². The van der Waals surface area contributed by atoms with E-state index in [4.69, 9.17) is 14.6 Å². The predicted octanol–water partition coefficient (Wildman–Crippen LogP) is 2.42. The van der Waals surface area contributed by atoms with Crippen LogP contribution in [0.2, 0.25) is 0 Å². The fourth-order valence-electron chi connectivity index (χ4n) is 1.69. The molecule has 0 bridgehead atoms. The first kappa shape index (κ1) is 14.0. The van der Waals surface area contributed by atoms with Crippen molar-refractivity contribution in [3.63, 3.8) is 0 Å². The van der Waals surface area contributed by atoms with Crippen LogP contribution in [0.15, 0.2) is 6.07 Å². The number of rotatable bonds is 5. The van der Waals surface area contributed by atoms with Crippen LogP contribution < -0.4 is 14.2 Å². The summed E-state index contributed by atoms with van der Waals surface area (Å²) in [6, 6.07) is 1.28. The molecule has 1 aromatic carbocycles. The van der Waals surface area contributed by atoms with E-state index in [9.17, 15) is 9.90 Å². The smallest absolute Gasteiger partial charge is 0.504 e. The molecule has 0 unspecified atom stereocenters. The van der Waals surface area contributed by atoms with Crippen molar-refractivity contribution in [3.05, 3.63) is 11.6 Å². The number of hydrogen-bond donors (Lipinski definition) is 2. The zero-order chi connectivity index (χ0) is 13.7. The summed E-state index contributed by atoms with van der Waals surface area (Å²) in [6.07, 6.45) is -0.230. The number of hydrogen-bond acceptors (Lipinski definition) is 5. The van der Waals surface area contributed by atoms with Crippen LogP contribution in [0.3, 0.4) is 0 Å². The molecule has 0 atom stereocenters. The molecule has 0 spiro atoms. The molecule has 6 nitrogen and oxygen atoms in total. The van der Waals surface area contributed by atoms with E-state index < -0.39 is 6.16 Å². The normalized spacial score (nSPS) is 9.94. The second kappa shape index (κ2) is 6.00. The highest BCUT2D eigenvalue weighted by molar-refractivity contribution is 5.67. The Bertz CT molecular complexity index is 441. The van der Waals surface area contributed by atoms with Crippen molar-refractivity contribution in [2.75, 3.05) is 14.2 Å². The van der Waals surface area contributed by atoms with Gasteiger partial charge in [-0.2, -0.15) is 0 Å². The summed E-state index contributed by atoms with van der Waals surface area (Å²) in [4.78, 5) is 10.5. The molecule has 1 aromatic rings. The van der Waals surface area contributed by atoms with E-state index >= 15 is 0 Å². The predicted molar refractivity (Wildman–Crippen MR) is 63.9 cm³/mol. The van der Waals surface area contributed by atoms with Gasteiger partial charge in [-0.3, -0.25) is 0 Å². The molecule has 0 saturated carbocycles. The van der Waals surface area contributed by atoms with Gasteiger partial charge in [-0.25, -0.2) is 4.79 Å². The Morgan fingerprint density at radius 3 is 2.39 bits per heavy atom. The molecule has 2 N–H and O–H groups in total. The average Bonchev–Trinajstić information content (AvgIpc) is 2.33. The first-order valence-corrected chi connectivity index (χ1v) is 5.42. The molecular weight excluding hydrogens is 240 g/mol. The number of aromatic hydroxyl groups is 1. The third-order valence-corrected chi connectivity index (χ3v) is 2.40. The van der Waals surface area contributed by atoms with Gasteiger partial charge >= 0.3 is 6.16 Å². The molecule has 0 heterocycles. The lowest BCUT2D eigenvalue weighted by atomic mass is 10.1. The minimum Gasteiger partial charge on any atom is -0.504 e. The van der Waals surface area contributed by atoms with Crippen molar-refractivity contribution < 1.29 is 29.2 Å². The molecule has 0 saturated heterocycles. The standard InChI is InChI=1S/C12H16O6/c1-4-5-7-10(13)8(18-12(14)15)6-9(16-2)11(7)17-3/h6,13H,4-5H2,1-3H3,(H,14,15). The van der Waals surface area contributed by atoms with E-state index in [1.807, 2.05) is 6.92 Å². The van der Waals surface area contributed by atoms with Crippen molar-refractivity contribution in [1.29, 1.82) is 0 Å². The monoisotopic (exact) mass is 256 g/mol. The number of phenols is 1. The highest BCUT2D eigenvalue weighted by Crippen LogP contribution is 2.44. The Labute approximate surface area is 105 Å². The minimum absolute atomic E-state index is 0.163. The van der Waals surface area contributed by atoms with Crippen LogP contribution in [0.25, 0.3) is 0 Å². The van der Waals surface area contributed by atoms with Crippen LogP contribution in [-0.2, 0) is 6.42 Å². The molecule has 100 valence electrons. The van der Waals surface area contributed by atoms with Gasteiger partial charge in [0.15, 0.2) is 23.0 Å². The van der Waals surface area contributed by atoms with Gasteiger partial charge in [-0.1, -0.05) is 13.3 Å². The summed E-state index contributed by atoms with van der Waals surface area (Å²) >= 11 is 0. The number of benzene rings is 1. The summed E-state index contributed by atoms with van der Waals surface area (Å²) < 4.78 is 14.8. The molecule has 0 aliphatic rings. The number of carbonyl (C=O) groups is 1. The van der Waals surface area contributed by atoms with E-state index in [2.05, 4.69) is 4.74 Å². The number of ether oxygens (including phenoxy) is 3. The first-order chi connectivity index (χ1) is 8.54. The maximum Gasteiger partial charge on any atom is 0.511 e. The first-order valence-electron chi connectivity index (χ1n) is 5.42. The maximum atomic E-state index is 10.5. The summed E-state index contributed by atoms with van der Waals surface area (Å²) in [5.74, 6) is 0.296. The van der Waals surface area contributed by atoms with Crippen LogP contribution in [0, 0.1) is 0 Å².